The summed E-state index contributed by atoms with van der Waals surface area (Å²) >= 11 is 0. The molecule has 0 amide bonds. The van der Waals surface area contributed by atoms with E-state index in [1.54, 1.807) is 43.6 Å². The van der Waals surface area contributed by atoms with Crippen molar-refractivity contribution in [3.8, 4) is 11.4 Å². The maximum atomic E-state index is 12.1. The SMILES string of the molecule is COc1ccc(C(=O)C=Cc2cnn(-c3ccccc3)n2)cc1. The van der Waals surface area contributed by atoms with Crippen molar-refractivity contribution in [1.82, 2.24) is 15.0 Å². The van der Waals surface area contributed by atoms with Crippen LogP contribution in [0.15, 0.2) is 66.9 Å². The molecule has 0 unspecified atom stereocenters. The Bertz CT molecular complexity index is 821. The van der Waals surface area contributed by atoms with E-state index >= 15 is 0 Å². The Morgan fingerprint density at radius 2 is 1.83 bits per heavy atom. The van der Waals surface area contributed by atoms with Crippen LogP contribution in [-0.2, 0) is 0 Å². The second kappa shape index (κ2) is 6.70. The average Bonchev–Trinajstić information content (AvgIpc) is 3.09. The third-order valence-corrected chi connectivity index (χ3v) is 3.28. The van der Waals surface area contributed by atoms with E-state index in [2.05, 4.69) is 10.2 Å². The summed E-state index contributed by atoms with van der Waals surface area (Å²) in [6.45, 7) is 0. The lowest BCUT2D eigenvalue weighted by atomic mass is 10.1. The Morgan fingerprint density at radius 3 is 2.52 bits per heavy atom. The molecule has 0 saturated heterocycles. The first-order valence-electron chi connectivity index (χ1n) is 7.10. The van der Waals surface area contributed by atoms with Crippen LogP contribution in [0.3, 0.4) is 0 Å². The molecule has 0 spiro atoms. The summed E-state index contributed by atoms with van der Waals surface area (Å²) in [6.07, 6.45) is 4.75. The van der Waals surface area contributed by atoms with Gasteiger partial charge in [0.1, 0.15) is 11.4 Å². The highest BCUT2D eigenvalue weighted by Crippen LogP contribution is 2.12. The summed E-state index contributed by atoms with van der Waals surface area (Å²) < 4.78 is 5.07. The van der Waals surface area contributed by atoms with E-state index in [1.807, 2.05) is 30.3 Å². The Hall–Kier alpha value is -3.21. The third-order valence-electron chi connectivity index (χ3n) is 3.28. The molecule has 0 aliphatic carbocycles. The van der Waals surface area contributed by atoms with Crippen molar-refractivity contribution in [2.75, 3.05) is 7.11 Å². The Balaban J connectivity index is 1.72. The van der Waals surface area contributed by atoms with Crippen LogP contribution in [0.25, 0.3) is 11.8 Å². The summed E-state index contributed by atoms with van der Waals surface area (Å²) in [5.41, 5.74) is 2.09. The van der Waals surface area contributed by atoms with Crippen LogP contribution in [-0.4, -0.2) is 27.9 Å². The van der Waals surface area contributed by atoms with Gasteiger partial charge in [-0.1, -0.05) is 18.2 Å². The lowest BCUT2D eigenvalue weighted by molar-refractivity contribution is 0.104. The van der Waals surface area contributed by atoms with Crippen LogP contribution >= 0.6 is 0 Å². The van der Waals surface area contributed by atoms with Crippen LogP contribution in [0.2, 0.25) is 0 Å². The maximum Gasteiger partial charge on any atom is 0.185 e. The zero-order chi connectivity index (χ0) is 16.1. The summed E-state index contributed by atoms with van der Waals surface area (Å²) in [7, 11) is 1.59. The molecular weight excluding hydrogens is 290 g/mol. The van der Waals surface area contributed by atoms with E-state index in [0.29, 0.717) is 11.3 Å². The van der Waals surface area contributed by atoms with Gasteiger partial charge in [-0.3, -0.25) is 4.79 Å². The number of hydrogen-bond acceptors (Lipinski definition) is 4. The standard InChI is InChI=1S/C18H15N3O2/c1-23-17-10-7-14(8-11-17)18(22)12-9-15-13-19-21(20-15)16-5-3-2-4-6-16/h2-13H,1H3. The van der Waals surface area contributed by atoms with Gasteiger partial charge >= 0.3 is 0 Å². The highest BCUT2D eigenvalue weighted by Gasteiger charge is 2.03. The van der Waals surface area contributed by atoms with Crippen molar-refractivity contribution in [1.29, 1.82) is 0 Å². The fourth-order valence-electron chi connectivity index (χ4n) is 2.05. The third kappa shape index (κ3) is 3.52. The van der Waals surface area contributed by atoms with Gasteiger partial charge in [-0.2, -0.15) is 9.90 Å². The average molecular weight is 305 g/mol. The molecule has 1 heterocycles. The first-order chi connectivity index (χ1) is 11.3. The number of nitrogens with zero attached hydrogens (tertiary/aromatic N) is 3. The predicted octanol–water partition coefficient (Wildman–Crippen LogP) is 3.17. The molecule has 0 saturated carbocycles. The molecule has 0 atom stereocenters. The van der Waals surface area contributed by atoms with Gasteiger partial charge < -0.3 is 4.74 Å². The van der Waals surface area contributed by atoms with Gasteiger partial charge in [0.25, 0.3) is 0 Å². The fraction of sp³-hybridized carbons (Fsp3) is 0.0556. The summed E-state index contributed by atoms with van der Waals surface area (Å²) in [5, 5.41) is 8.51. The molecule has 3 aromatic rings. The second-order valence-corrected chi connectivity index (χ2v) is 4.82. The molecule has 23 heavy (non-hydrogen) atoms. The van der Waals surface area contributed by atoms with Crippen molar-refractivity contribution < 1.29 is 9.53 Å². The molecule has 1 aromatic heterocycles. The van der Waals surface area contributed by atoms with E-state index < -0.39 is 0 Å². The van der Waals surface area contributed by atoms with E-state index in [1.165, 1.54) is 10.9 Å². The molecule has 0 aliphatic heterocycles. The minimum atomic E-state index is -0.0954. The van der Waals surface area contributed by atoms with Crippen LogP contribution in [0.1, 0.15) is 16.1 Å². The summed E-state index contributed by atoms with van der Waals surface area (Å²) in [4.78, 5) is 13.6. The minimum absolute atomic E-state index is 0.0954. The van der Waals surface area contributed by atoms with Gasteiger partial charge in [-0.15, -0.1) is 5.10 Å². The Kier molecular flexibility index (Phi) is 4.29. The first kappa shape index (κ1) is 14.7. The van der Waals surface area contributed by atoms with Gasteiger partial charge in [0.2, 0.25) is 0 Å². The zero-order valence-electron chi connectivity index (χ0n) is 12.6. The molecule has 2 aromatic carbocycles. The van der Waals surface area contributed by atoms with Crippen LogP contribution in [0.5, 0.6) is 5.75 Å². The number of methoxy groups -OCH3 is 1. The van der Waals surface area contributed by atoms with Crippen LogP contribution in [0, 0.1) is 0 Å². The first-order valence-corrected chi connectivity index (χ1v) is 7.10. The lowest BCUT2D eigenvalue weighted by Crippen LogP contribution is -1.98. The number of ketones is 1. The van der Waals surface area contributed by atoms with Crippen LogP contribution < -0.4 is 4.74 Å². The molecule has 0 N–H and O–H groups in total. The Labute approximate surface area is 133 Å². The van der Waals surface area contributed by atoms with Crippen molar-refractivity contribution in [2.45, 2.75) is 0 Å². The fourth-order valence-corrected chi connectivity index (χ4v) is 2.05. The largest absolute Gasteiger partial charge is 0.497 e. The number of carbonyl (C=O) groups is 1. The molecule has 0 aliphatic rings. The number of aromatic nitrogens is 3. The smallest absolute Gasteiger partial charge is 0.185 e. The van der Waals surface area contributed by atoms with Gasteiger partial charge in [0.05, 0.1) is 19.0 Å². The monoisotopic (exact) mass is 305 g/mol. The normalized spacial score (nSPS) is 10.8. The van der Waals surface area contributed by atoms with E-state index in [4.69, 9.17) is 4.74 Å². The topological polar surface area (TPSA) is 57.0 Å². The van der Waals surface area contributed by atoms with E-state index in [0.717, 1.165) is 11.4 Å². The highest BCUT2D eigenvalue weighted by molar-refractivity contribution is 6.06. The molecule has 0 bridgehead atoms. The maximum absolute atomic E-state index is 12.1. The second-order valence-electron chi connectivity index (χ2n) is 4.82. The highest BCUT2D eigenvalue weighted by atomic mass is 16.5. The number of hydrogen-bond donors (Lipinski definition) is 0. The Morgan fingerprint density at radius 1 is 1.09 bits per heavy atom. The number of carbonyl (C=O) groups excluding carboxylic acids is 1. The number of rotatable bonds is 5. The molecule has 5 nitrogen and oxygen atoms in total. The number of ether oxygens (including phenoxy) is 1. The van der Waals surface area contributed by atoms with Gasteiger partial charge in [0.15, 0.2) is 5.78 Å². The van der Waals surface area contributed by atoms with Crippen molar-refractivity contribution in [3.05, 3.63) is 78.1 Å². The van der Waals surface area contributed by atoms with Gasteiger partial charge in [-0.05, 0) is 48.6 Å². The summed E-state index contributed by atoms with van der Waals surface area (Å²) in [5.74, 6) is 0.623. The summed E-state index contributed by atoms with van der Waals surface area (Å²) in [6, 6.07) is 16.6. The van der Waals surface area contributed by atoms with E-state index in [9.17, 15) is 4.79 Å². The van der Waals surface area contributed by atoms with Crippen molar-refractivity contribution in [2.24, 2.45) is 0 Å². The van der Waals surface area contributed by atoms with Crippen molar-refractivity contribution in [3.63, 3.8) is 0 Å². The zero-order valence-corrected chi connectivity index (χ0v) is 12.6. The minimum Gasteiger partial charge on any atom is -0.497 e. The van der Waals surface area contributed by atoms with Gasteiger partial charge in [0, 0.05) is 5.56 Å². The molecule has 114 valence electrons. The molecule has 0 radical (unpaired) electrons. The van der Waals surface area contributed by atoms with Gasteiger partial charge in [-0.25, -0.2) is 0 Å². The number of benzene rings is 2. The quantitative estimate of drug-likeness (QED) is 0.536. The molecule has 3 rings (SSSR count). The van der Waals surface area contributed by atoms with E-state index in [-0.39, 0.29) is 5.78 Å². The number of para-hydroxylation sites is 1. The molecule has 5 heteroatoms. The molecule has 0 fully saturated rings. The number of allylic oxidation sites excluding steroid dienone is 1. The molecular formula is C18H15N3O2. The predicted molar refractivity (Wildman–Crippen MR) is 87.7 cm³/mol. The van der Waals surface area contributed by atoms with Crippen LogP contribution in [0.4, 0.5) is 0 Å². The van der Waals surface area contributed by atoms with Crippen molar-refractivity contribution >= 4 is 11.9 Å². The lowest BCUT2D eigenvalue weighted by Gasteiger charge is -1.99.